The molecule has 0 saturated carbocycles. The first kappa shape index (κ1) is 20.6. The standard InChI is InChI=1S/C21H21BrClN3O2/c1-4-5-20-25-18-8-6-15(22)11-17(18)21(27)26(20)24-12-14-10-16(23)7-9-19(14)28-13(2)3/h6-13H,4-5H2,1-3H3. The lowest BCUT2D eigenvalue weighted by Crippen LogP contribution is -2.22. The smallest absolute Gasteiger partial charge is 0.282 e. The SMILES string of the molecule is CCCc1nc2ccc(Br)cc2c(=O)n1N=Cc1cc(Cl)ccc1OC(C)C. The summed E-state index contributed by atoms with van der Waals surface area (Å²) in [6, 6.07) is 10.8. The molecule has 0 saturated heterocycles. The summed E-state index contributed by atoms with van der Waals surface area (Å²) < 4.78 is 8.00. The second-order valence-corrected chi connectivity index (χ2v) is 8.00. The third kappa shape index (κ3) is 4.62. The Balaban J connectivity index is 2.13. The Hall–Kier alpha value is -2.18. The Morgan fingerprint density at radius 3 is 2.79 bits per heavy atom. The van der Waals surface area contributed by atoms with E-state index in [0.29, 0.717) is 39.5 Å². The summed E-state index contributed by atoms with van der Waals surface area (Å²) in [5, 5.41) is 5.53. The van der Waals surface area contributed by atoms with Crippen molar-refractivity contribution in [2.75, 3.05) is 0 Å². The van der Waals surface area contributed by atoms with Gasteiger partial charge in [-0.15, -0.1) is 0 Å². The van der Waals surface area contributed by atoms with Gasteiger partial charge in [-0.2, -0.15) is 9.78 Å². The number of fused-ring (bicyclic) bond motifs is 1. The average molecular weight is 463 g/mol. The van der Waals surface area contributed by atoms with Gasteiger partial charge in [0.2, 0.25) is 0 Å². The van der Waals surface area contributed by atoms with Crippen molar-refractivity contribution in [2.45, 2.75) is 39.7 Å². The molecule has 0 bridgehead atoms. The molecule has 0 atom stereocenters. The van der Waals surface area contributed by atoms with Crippen molar-refractivity contribution in [3.8, 4) is 5.75 Å². The topological polar surface area (TPSA) is 56.5 Å². The summed E-state index contributed by atoms with van der Waals surface area (Å²) in [7, 11) is 0. The van der Waals surface area contributed by atoms with Crippen molar-refractivity contribution in [2.24, 2.45) is 5.10 Å². The van der Waals surface area contributed by atoms with Gasteiger partial charge in [-0.3, -0.25) is 4.79 Å². The number of ether oxygens (including phenoxy) is 1. The Morgan fingerprint density at radius 1 is 1.29 bits per heavy atom. The van der Waals surface area contributed by atoms with Gasteiger partial charge in [0.15, 0.2) is 0 Å². The van der Waals surface area contributed by atoms with E-state index in [1.165, 1.54) is 4.68 Å². The van der Waals surface area contributed by atoms with Gasteiger partial charge in [0.25, 0.3) is 5.56 Å². The molecule has 0 radical (unpaired) electrons. The molecule has 0 aliphatic rings. The number of rotatable bonds is 6. The van der Waals surface area contributed by atoms with E-state index >= 15 is 0 Å². The first-order valence-corrected chi connectivity index (χ1v) is 10.3. The van der Waals surface area contributed by atoms with Crippen molar-refractivity contribution < 1.29 is 4.74 Å². The molecule has 1 heterocycles. The zero-order valence-corrected chi connectivity index (χ0v) is 18.3. The van der Waals surface area contributed by atoms with Crippen LogP contribution in [0.5, 0.6) is 5.75 Å². The summed E-state index contributed by atoms with van der Waals surface area (Å²) in [6.45, 7) is 5.94. The zero-order chi connectivity index (χ0) is 20.3. The highest BCUT2D eigenvalue weighted by Gasteiger charge is 2.11. The van der Waals surface area contributed by atoms with Gasteiger partial charge in [0.05, 0.1) is 23.2 Å². The van der Waals surface area contributed by atoms with Gasteiger partial charge in [-0.05, 0) is 56.7 Å². The van der Waals surface area contributed by atoms with Crippen LogP contribution < -0.4 is 10.3 Å². The van der Waals surface area contributed by atoms with Gasteiger partial charge in [-0.25, -0.2) is 4.98 Å². The van der Waals surface area contributed by atoms with Gasteiger partial charge >= 0.3 is 0 Å². The Labute approximate surface area is 177 Å². The Morgan fingerprint density at radius 2 is 2.07 bits per heavy atom. The molecule has 0 N–H and O–H groups in total. The highest BCUT2D eigenvalue weighted by Crippen LogP contribution is 2.23. The molecule has 146 valence electrons. The minimum Gasteiger partial charge on any atom is -0.490 e. The Bertz CT molecular complexity index is 1090. The number of aryl methyl sites for hydroxylation is 1. The average Bonchev–Trinajstić information content (AvgIpc) is 2.64. The van der Waals surface area contributed by atoms with Crippen LogP contribution in [0.4, 0.5) is 0 Å². The van der Waals surface area contributed by atoms with Crippen LogP contribution in [-0.2, 0) is 6.42 Å². The lowest BCUT2D eigenvalue weighted by molar-refractivity contribution is 0.242. The van der Waals surface area contributed by atoms with E-state index in [-0.39, 0.29) is 11.7 Å². The summed E-state index contributed by atoms with van der Waals surface area (Å²) in [6.07, 6.45) is 3.09. The van der Waals surface area contributed by atoms with Crippen molar-refractivity contribution >= 4 is 44.6 Å². The molecular formula is C21H21BrClN3O2. The fraction of sp³-hybridized carbons (Fsp3) is 0.286. The van der Waals surface area contributed by atoms with E-state index in [4.69, 9.17) is 16.3 Å². The summed E-state index contributed by atoms with van der Waals surface area (Å²) in [5.74, 6) is 1.27. The third-order valence-electron chi connectivity index (χ3n) is 4.00. The molecule has 0 aliphatic carbocycles. The fourth-order valence-corrected chi connectivity index (χ4v) is 3.34. The minimum absolute atomic E-state index is 0.00591. The largest absolute Gasteiger partial charge is 0.490 e. The first-order chi connectivity index (χ1) is 13.4. The highest BCUT2D eigenvalue weighted by atomic mass is 79.9. The van der Waals surface area contributed by atoms with E-state index in [9.17, 15) is 4.79 Å². The van der Waals surface area contributed by atoms with Gasteiger partial charge in [-0.1, -0.05) is 34.5 Å². The van der Waals surface area contributed by atoms with E-state index in [1.807, 2.05) is 32.9 Å². The molecule has 0 amide bonds. The van der Waals surface area contributed by atoms with Crippen molar-refractivity contribution in [3.63, 3.8) is 0 Å². The van der Waals surface area contributed by atoms with Gasteiger partial charge < -0.3 is 4.74 Å². The van der Waals surface area contributed by atoms with Crippen LogP contribution in [0.25, 0.3) is 10.9 Å². The van der Waals surface area contributed by atoms with Crippen molar-refractivity contribution in [3.05, 3.63) is 67.6 Å². The molecule has 0 spiro atoms. The summed E-state index contributed by atoms with van der Waals surface area (Å²) in [5.41, 5.74) is 1.15. The third-order valence-corrected chi connectivity index (χ3v) is 4.72. The maximum Gasteiger partial charge on any atom is 0.282 e. The number of aromatic nitrogens is 2. The highest BCUT2D eigenvalue weighted by molar-refractivity contribution is 9.10. The molecular weight excluding hydrogens is 442 g/mol. The van der Waals surface area contributed by atoms with Crippen LogP contribution in [-0.4, -0.2) is 22.0 Å². The molecule has 3 aromatic rings. The van der Waals surface area contributed by atoms with E-state index in [1.54, 1.807) is 30.5 Å². The minimum atomic E-state index is -0.209. The normalized spacial score (nSPS) is 11.6. The molecule has 1 aromatic heterocycles. The first-order valence-electron chi connectivity index (χ1n) is 9.10. The maximum atomic E-state index is 13.1. The fourth-order valence-electron chi connectivity index (χ4n) is 2.80. The van der Waals surface area contributed by atoms with Gasteiger partial charge in [0.1, 0.15) is 11.6 Å². The number of hydrogen-bond donors (Lipinski definition) is 0. The summed E-state index contributed by atoms with van der Waals surface area (Å²) in [4.78, 5) is 17.7. The number of benzene rings is 2. The van der Waals surface area contributed by atoms with E-state index in [0.717, 1.165) is 10.9 Å². The molecule has 3 rings (SSSR count). The molecule has 5 nitrogen and oxygen atoms in total. The van der Waals surface area contributed by atoms with E-state index in [2.05, 4.69) is 26.0 Å². The molecule has 0 unspecified atom stereocenters. The quantitative estimate of drug-likeness (QED) is 0.459. The predicted molar refractivity (Wildman–Crippen MR) is 118 cm³/mol. The lowest BCUT2D eigenvalue weighted by atomic mass is 10.2. The second-order valence-electron chi connectivity index (χ2n) is 6.65. The van der Waals surface area contributed by atoms with E-state index < -0.39 is 0 Å². The van der Waals surface area contributed by atoms with Crippen LogP contribution in [0, 0.1) is 0 Å². The molecule has 7 heteroatoms. The maximum absolute atomic E-state index is 13.1. The summed E-state index contributed by atoms with van der Waals surface area (Å²) >= 11 is 9.55. The number of hydrogen-bond acceptors (Lipinski definition) is 4. The van der Waals surface area contributed by atoms with Crippen LogP contribution >= 0.6 is 27.5 Å². The van der Waals surface area contributed by atoms with Crippen LogP contribution in [0.3, 0.4) is 0 Å². The zero-order valence-electron chi connectivity index (χ0n) is 15.9. The molecule has 2 aromatic carbocycles. The lowest BCUT2D eigenvalue weighted by Gasteiger charge is -2.13. The second kappa shape index (κ2) is 8.88. The van der Waals surface area contributed by atoms with Crippen LogP contribution in [0.1, 0.15) is 38.6 Å². The monoisotopic (exact) mass is 461 g/mol. The number of halogens is 2. The van der Waals surface area contributed by atoms with Crippen molar-refractivity contribution in [1.29, 1.82) is 0 Å². The number of nitrogens with zero attached hydrogens (tertiary/aromatic N) is 3. The van der Waals surface area contributed by atoms with Gasteiger partial charge in [0, 0.05) is 21.5 Å². The molecule has 28 heavy (non-hydrogen) atoms. The van der Waals surface area contributed by atoms with Crippen molar-refractivity contribution in [1.82, 2.24) is 9.66 Å². The van der Waals surface area contributed by atoms with Crippen LogP contribution in [0.15, 0.2) is 50.8 Å². The molecule has 0 fully saturated rings. The predicted octanol–water partition coefficient (Wildman–Crippen LogP) is 5.43. The Kier molecular flexibility index (Phi) is 6.52. The van der Waals surface area contributed by atoms with Crippen LogP contribution in [0.2, 0.25) is 5.02 Å². The molecule has 0 aliphatic heterocycles.